The predicted octanol–water partition coefficient (Wildman–Crippen LogP) is 5.48. The van der Waals surface area contributed by atoms with Crippen molar-refractivity contribution in [1.29, 1.82) is 5.26 Å². The lowest BCUT2D eigenvalue weighted by molar-refractivity contribution is 0.157. The summed E-state index contributed by atoms with van der Waals surface area (Å²) >= 11 is 0. The van der Waals surface area contributed by atoms with Gasteiger partial charge in [0.15, 0.2) is 7.28 Å². The van der Waals surface area contributed by atoms with E-state index >= 15 is 0 Å². The molecule has 0 bridgehead atoms. The first-order valence-corrected chi connectivity index (χ1v) is 9.88. The van der Waals surface area contributed by atoms with E-state index in [0.29, 0.717) is 6.04 Å². The van der Waals surface area contributed by atoms with E-state index in [1.165, 1.54) is 0 Å². The zero-order valence-electron chi connectivity index (χ0n) is 17.6. The summed E-state index contributed by atoms with van der Waals surface area (Å²) in [6.45, 7) is 15.9. The first-order chi connectivity index (χ1) is 12.1. The molecule has 1 unspecified atom stereocenters. The molecule has 26 heavy (non-hydrogen) atoms. The van der Waals surface area contributed by atoms with Gasteiger partial charge in [-0.3, -0.25) is 0 Å². The molecule has 1 heterocycles. The second-order valence-electron chi connectivity index (χ2n) is 9.09. The van der Waals surface area contributed by atoms with E-state index in [1.807, 2.05) is 12.4 Å². The van der Waals surface area contributed by atoms with Gasteiger partial charge < -0.3 is 4.57 Å². The molecular weight excluding hydrogens is 317 g/mol. The highest BCUT2D eigenvalue weighted by Crippen LogP contribution is 2.40. The summed E-state index contributed by atoms with van der Waals surface area (Å²) < 4.78 is 2.21. The molecule has 1 radical (unpaired) electrons. The van der Waals surface area contributed by atoms with E-state index < -0.39 is 0 Å². The van der Waals surface area contributed by atoms with Gasteiger partial charge in [0.1, 0.15) is 6.07 Å². The van der Waals surface area contributed by atoms with Crippen molar-refractivity contribution in [2.24, 2.45) is 10.8 Å². The van der Waals surface area contributed by atoms with Gasteiger partial charge in [-0.25, -0.2) is 4.98 Å². The van der Waals surface area contributed by atoms with Gasteiger partial charge in [-0.2, -0.15) is 5.26 Å². The average Bonchev–Trinajstić information content (AvgIpc) is 3.00. The van der Waals surface area contributed by atoms with E-state index in [2.05, 4.69) is 77.4 Å². The Kier molecular flexibility index (Phi) is 6.22. The van der Waals surface area contributed by atoms with Crippen LogP contribution in [-0.4, -0.2) is 16.8 Å². The van der Waals surface area contributed by atoms with E-state index in [9.17, 15) is 5.26 Å². The number of hydrogen-bond acceptors (Lipinski definition) is 2. The van der Waals surface area contributed by atoms with Crippen molar-refractivity contribution in [2.45, 2.75) is 80.1 Å². The summed E-state index contributed by atoms with van der Waals surface area (Å²) in [5, 5.41) is 9.74. The van der Waals surface area contributed by atoms with Crippen molar-refractivity contribution in [3.05, 3.63) is 24.0 Å². The minimum Gasteiger partial charge on any atom is -0.326 e. The van der Waals surface area contributed by atoms with Gasteiger partial charge in [-0.05, 0) is 35.8 Å². The van der Waals surface area contributed by atoms with E-state index in [0.717, 1.165) is 47.6 Å². The van der Waals surface area contributed by atoms with Crippen LogP contribution in [0, 0.1) is 22.2 Å². The lowest BCUT2D eigenvalue weighted by Crippen LogP contribution is -2.33. The molecule has 139 valence electrons. The number of nitriles is 1. The van der Waals surface area contributed by atoms with Crippen LogP contribution >= 0.6 is 0 Å². The van der Waals surface area contributed by atoms with Crippen molar-refractivity contribution in [2.75, 3.05) is 0 Å². The molecule has 3 nitrogen and oxygen atoms in total. The molecule has 0 aliphatic rings. The number of hydrogen-bond donors (Lipinski definition) is 0. The first-order valence-electron chi connectivity index (χ1n) is 9.88. The number of nitrogens with zero attached hydrogens (tertiary/aromatic N) is 3. The van der Waals surface area contributed by atoms with E-state index in [-0.39, 0.29) is 10.8 Å². The molecular formula is C22H33BN3. The van der Waals surface area contributed by atoms with Crippen LogP contribution in [-0.2, 0) is 0 Å². The van der Waals surface area contributed by atoms with Crippen LogP contribution in [0.2, 0.25) is 6.32 Å². The third-order valence-electron chi connectivity index (χ3n) is 6.18. The Balaban J connectivity index is 2.37. The molecule has 1 atom stereocenters. The molecule has 0 N–H and O–H groups in total. The van der Waals surface area contributed by atoms with Gasteiger partial charge in [0.2, 0.25) is 0 Å². The van der Waals surface area contributed by atoms with Crippen molar-refractivity contribution in [3.63, 3.8) is 0 Å². The van der Waals surface area contributed by atoms with Crippen LogP contribution in [0.3, 0.4) is 0 Å². The molecule has 2 rings (SSSR count). The van der Waals surface area contributed by atoms with Crippen LogP contribution in [0.25, 0.3) is 11.0 Å². The van der Waals surface area contributed by atoms with Gasteiger partial charge in [0.05, 0.1) is 22.9 Å². The van der Waals surface area contributed by atoms with Crippen LogP contribution < -0.4 is 5.46 Å². The molecule has 0 saturated carbocycles. The predicted molar refractivity (Wildman–Crippen MR) is 112 cm³/mol. The molecule has 0 fully saturated rings. The number of imidazole rings is 1. The molecule has 1 aromatic carbocycles. The number of fused-ring (bicyclic) bond motifs is 1. The normalized spacial score (nSPS) is 13.6. The zero-order valence-corrected chi connectivity index (χ0v) is 17.6. The smallest absolute Gasteiger partial charge is 0.152 e. The molecule has 0 aliphatic heterocycles. The van der Waals surface area contributed by atoms with Crippen LogP contribution in [0.1, 0.15) is 79.3 Å². The summed E-state index contributed by atoms with van der Waals surface area (Å²) in [5.41, 5.74) is 4.15. The summed E-state index contributed by atoms with van der Waals surface area (Å²) in [5.74, 6) is 0. The topological polar surface area (TPSA) is 41.6 Å². The zero-order chi connectivity index (χ0) is 19.5. The Morgan fingerprint density at radius 2 is 1.88 bits per heavy atom. The Morgan fingerprint density at radius 3 is 2.42 bits per heavy atom. The minimum atomic E-state index is 0.183. The quantitative estimate of drug-likeness (QED) is 0.621. The maximum absolute atomic E-state index is 9.74. The second-order valence-corrected chi connectivity index (χ2v) is 9.09. The van der Waals surface area contributed by atoms with Crippen molar-refractivity contribution < 1.29 is 0 Å². The van der Waals surface area contributed by atoms with Crippen LogP contribution in [0.15, 0.2) is 18.5 Å². The number of rotatable bonds is 7. The van der Waals surface area contributed by atoms with Gasteiger partial charge >= 0.3 is 0 Å². The summed E-state index contributed by atoms with van der Waals surface area (Å²) in [4.78, 5) is 4.62. The maximum Gasteiger partial charge on any atom is 0.152 e. The third kappa shape index (κ3) is 4.14. The first kappa shape index (κ1) is 20.6. The monoisotopic (exact) mass is 350 g/mol. The fourth-order valence-electron chi connectivity index (χ4n) is 3.23. The highest BCUT2D eigenvalue weighted by Gasteiger charge is 2.32. The number of benzene rings is 1. The molecule has 2 aromatic rings. The van der Waals surface area contributed by atoms with E-state index in [4.69, 9.17) is 0 Å². The Hall–Kier alpha value is -1.76. The fraction of sp³-hybridized carbons (Fsp3) is 0.636. The van der Waals surface area contributed by atoms with Gasteiger partial charge in [0, 0.05) is 6.04 Å². The van der Waals surface area contributed by atoms with Crippen molar-refractivity contribution in [1.82, 2.24) is 9.55 Å². The molecule has 0 spiro atoms. The second kappa shape index (κ2) is 7.86. The minimum absolute atomic E-state index is 0.183. The fourth-order valence-corrected chi connectivity index (χ4v) is 3.23. The molecule has 4 heteroatoms. The maximum atomic E-state index is 9.74. The average molecular weight is 350 g/mol. The molecule has 1 aromatic heterocycles. The Morgan fingerprint density at radius 1 is 1.19 bits per heavy atom. The van der Waals surface area contributed by atoms with Crippen molar-refractivity contribution >= 4 is 23.8 Å². The summed E-state index contributed by atoms with van der Waals surface area (Å²) in [6.07, 6.45) is 6.19. The van der Waals surface area contributed by atoms with Gasteiger partial charge in [-0.1, -0.05) is 66.7 Å². The standard InChI is InChI=1S/C22H33BN3/c1-8-10-18(9-2)26-15-25-19-12-17(11-16(13-24)20(19)26)23-14-22(6,7)21(3,4)5/h11-12,15,18H,8-10,14H2,1-7H3. The lowest BCUT2D eigenvalue weighted by Gasteiger charge is -2.39. The molecule has 0 aliphatic carbocycles. The Labute approximate surface area is 160 Å². The SMILES string of the molecule is CCCC(CC)n1cnc2cc([B]CC(C)(C)C(C)(C)C)cc(C#N)c21. The molecule has 0 amide bonds. The highest BCUT2D eigenvalue weighted by atomic mass is 15.1. The van der Waals surface area contributed by atoms with E-state index in [1.54, 1.807) is 0 Å². The van der Waals surface area contributed by atoms with Crippen LogP contribution in [0.5, 0.6) is 0 Å². The largest absolute Gasteiger partial charge is 0.326 e. The summed E-state index contributed by atoms with van der Waals surface area (Å²) in [6, 6.07) is 6.97. The van der Waals surface area contributed by atoms with Gasteiger partial charge in [0.25, 0.3) is 0 Å². The van der Waals surface area contributed by atoms with Crippen LogP contribution in [0.4, 0.5) is 0 Å². The van der Waals surface area contributed by atoms with Crippen molar-refractivity contribution in [3.8, 4) is 6.07 Å². The van der Waals surface area contributed by atoms with Gasteiger partial charge in [-0.15, -0.1) is 0 Å². The Bertz CT molecular complexity index is 790. The number of aromatic nitrogens is 2. The summed E-state index contributed by atoms with van der Waals surface area (Å²) in [7, 11) is 2.26. The third-order valence-corrected chi connectivity index (χ3v) is 6.18. The molecule has 0 saturated heterocycles. The highest BCUT2D eigenvalue weighted by molar-refractivity contribution is 6.54. The lowest BCUT2D eigenvalue weighted by atomic mass is 9.53.